The van der Waals surface area contributed by atoms with E-state index >= 15 is 0 Å². The van der Waals surface area contributed by atoms with Gasteiger partial charge in [-0.2, -0.15) is 0 Å². The van der Waals surface area contributed by atoms with Gasteiger partial charge in [0, 0.05) is 22.7 Å². The number of amides is 1. The first-order valence-corrected chi connectivity index (χ1v) is 10.1. The zero-order chi connectivity index (χ0) is 21.1. The molecule has 3 aromatic carbocycles. The number of anilines is 1. The number of hydrogen-bond acceptors (Lipinski definition) is 4. The summed E-state index contributed by atoms with van der Waals surface area (Å²) in [7, 11) is 0. The van der Waals surface area contributed by atoms with E-state index in [4.69, 9.17) is 20.8 Å². The third-order valence-corrected chi connectivity index (χ3v) is 4.68. The maximum atomic E-state index is 12.6. The lowest BCUT2D eigenvalue weighted by Gasteiger charge is -2.11. The Bertz CT molecular complexity index is 1180. The number of nitrogens with zero attached hydrogens (tertiary/aromatic N) is 1. The van der Waals surface area contributed by atoms with Crippen LogP contribution < -0.4 is 10.1 Å². The molecule has 0 saturated heterocycles. The maximum Gasteiger partial charge on any atom is 0.255 e. The Morgan fingerprint density at radius 2 is 1.90 bits per heavy atom. The average Bonchev–Trinajstić information content (AvgIpc) is 3.11. The Kier molecular flexibility index (Phi) is 5.72. The number of halogens is 1. The van der Waals surface area contributed by atoms with Crippen LogP contribution in [0, 0.1) is 0 Å². The topological polar surface area (TPSA) is 64.4 Å². The van der Waals surface area contributed by atoms with Gasteiger partial charge in [0.25, 0.3) is 5.91 Å². The van der Waals surface area contributed by atoms with Crippen LogP contribution in [0.15, 0.2) is 71.1 Å². The summed E-state index contributed by atoms with van der Waals surface area (Å²) in [5.41, 5.74) is 3.59. The van der Waals surface area contributed by atoms with Crippen LogP contribution in [0.3, 0.4) is 0 Å². The summed E-state index contributed by atoms with van der Waals surface area (Å²) in [6, 6.07) is 20.1. The number of oxazole rings is 1. The molecule has 0 atom stereocenters. The lowest BCUT2D eigenvalue weighted by molar-refractivity contribution is 0.102. The van der Waals surface area contributed by atoms with E-state index in [1.165, 1.54) is 0 Å². The van der Waals surface area contributed by atoms with E-state index in [1.54, 1.807) is 30.3 Å². The van der Waals surface area contributed by atoms with Crippen molar-refractivity contribution in [2.24, 2.45) is 0 Å². The van der Waals surface area contributed by atoms with Crippen molar-refractivity contribution in [2.75, 3.05) is 5.32 Å². The van der Waals surface area contributed by atoms with Crippen molar-refractivity contribution in [3.05, 3.63) is 88.8 Å². The van der Waals surface area contributed by atoms with Gasteiger partial charge in [0.15, 0.2) is 11.5 Å². The zero-order valence-corrected chi connectivity index (χ0v) is 17.4. The van der Waals surface area contributed by atoms with Crippen LogP contribution in [0.4, 0.5) is 5.69 Å². The molecule has 0 aliphatic carbocycles. The average molecular weight is 421 g/mol. The van der Waals surface area contributed by atoms with Gasteiger partial charge in [-0.15, -0.1) is 0 Å². The molecule has 1 heterocycles. The SMILES string of the molecule is CC(C)Oc1cccc(C(=O)Nc2ccc3oc(Cc4ccc(Cl)cc4)nc3c2)c1. The van der Waals surface area contributed by atoms with Gasteiger partial charge in [-0.1, -0.05) is 29.8 Å². The molecule has 152 valence electrons. The van der Waals surface area contributed by atoms with Gasteiger partial charge in [-0.3, -0.25) is 4.79 Å². The van der Waals surface area contributed by atoms with Crippen molar-refractivity contribution in [3.63, 3.8) is 0 Å². The summed E-state index contributed by atoms with van der Waals surface area (Å²) in [5, 5.41) is 3.60. The van der Waals surface area contributed by atoms with Crippen molar-refractivity contribution < 1.29 is 13.9 Å². The first-order chi connectivity index (χ1) is 14.5. The van der Waals surface area contributed by atoms with Crippen molar-refractivity contribution in [3.8, 4) is 5.75 Å². The number of rotatable bonds is 6. The van der Waals surface area contributed by atoms with Crippen LogP contribution in [0.25, 0.3) is 11.1 Å². The molecule has 0 fully saturated rings. The molecule has 1 N–H and O–H groups in total. The van der Waals surface area contributed by atoms with Crippen LogP contribution in [0.2, 0.25) is 5.02 Å². The van der Waals surface area contributed by atoms with Gasteiger partial charge in [0.05, 0.1) is 6.10 Å². The summed E-state index contributed by atoms with van der Waals surface area (Å²) < 4.78 is 11.5. The molecule has 0 aliphatic heterocycles. The molecule has 0 spiro atoms. The van der Waals surface area contributed by atoms with Gasteiger partial charge >= 0.3 is 0 Å². The van der Waals surface area contributed by atoms with E-state index < -0.39 is 0 Å². The van der Waals surface area contributed by atoms with Gasteiger partial charge in [0.1, 0.15) is 11.3 Å². The molecule has 0 aliphatic rings. The number of carbonyl (C=O) groups excluding carboxylic acids is 1. The summed E-state index contributed by atoms with van der Waals surface area (Å²) in [6.45, 7) is 3.89. The molecular formula is C24H21ClN2O3. The second-order valence-corrected chi connectivity index (χ2v) is 7.68. The predicted octanol–water partition coefficient (Wildman–Crippen LogP) is 6.11. The van der Waals surface area contributed by atoms with E-state index in [-0.39, 0.29) is 12.0 Å². The number of benzene rings is 3. The highest BCUT2D eigenvalue weighted by molar-refractivity contribution is 6.30. The number of aromatic nitrogens is 1. The third-order valence-electron chi connectivity index (χ3n) is 4.43. The lowest BCUT2D eigenvalue weighted by Crippen LogP contribution is -2.12. The molecule has 0 bridgehead atoms. The van der Waals surface area contributed by atoms with E-state index in [0.29, 0.717) is 45.4 Å². The van der Waals surface area contributed by atoms with Gasteiger partial charge < -0.3 is 14.5 Å². The first-order valence-electron chi connectivity index (χ1n) is 9.68. The standard InChI is InChI=1S/C24H21ClN2O3/c1-15(2)29-20-5-3-4-17(13-20)24(28)26-19-10-11-22-21(14-19)27-23(30-22)12-16-6-8-18(25)9-7-16/h3-11,13-15H,12H2,1-2H3,(H,26,28). The number of hydrogen-bond donors (Lipinski definition) is 1. The number of fused-ring (bicyclic) bond motifs is 1. The minimum atomic E-state index is -0.214. The molecule has 6 heteroatoms. The van der Waals surface area contributed by atoms with Crippen molar-refractivity contribution in [2.45, 2.75) is 26.4 Å². The Balaban J connectivity index is 1.49. The molecule has 5 nitrogen and oxygen atoms in total. The molecule has 1 amide bonds. The highest BCUT2D eigenvalue weighted by Gasteiger charge is 2.11. The largest absolute Gasteiger partial charge is 0.491 e. The fourth-order valence-electron chi connectivity index (χ4n) is 3.09. The second-order valence-electron chi connectivity index (χ2n) is 7.24. The van der Waals surface area contributed by atoms with E-state index in [0.717, 1.165) is 5.56 Å². The number of nitrogens with one attached hydrogen (secondary N) is 1. The van der Waals surface area contributed by atoms with E-state index in [2.05, 4.69) is 10.3 Å². The lowest BCUT2D eigenvalue weighted by atomic mass is 10.1. The molecule has 4 rings (SSSR count). The molecular weight excluding hydrogens is 400 g/mol. The van der Waals surface area contributed by atoms with Crippen molar-refractivity contribution >= 4 is 34.3 Å². The van der Waals surface area contributed by atoms with Crippen LogP contribution in [0.5, 0.6) is 5.75 Å². The molecule has 0 saturated carbocycles. The number of ether oxygens (including phenoxy) is 1. The summed E-state index contributed by atoms with van der Waals surface area (Å²) in [4.78, 5) is 17.2. The smallest absolute Gasteiger partial charge is 0.255 e. The zero-order valence-electron chi connectivity index (χ0n) is 16.7. The molecule has 1 aromatic heterocycles. The Labute approximate surface area is 179 Å². The predicted molar refractivity (Wildman–Crippen MR) is 118 cm³/mol. The normalized spacial score (nSPS) is 11.1. The van der Waals surface area contributed by atoms with Crippen LogP contribution >= 0.6 is 11.6 Å². The fraction of sp³-hybridized carbons (Fsp3) is 0.167. The molecule has 0 unspecified atom stereocenters. The maximum absolute atomic E-state index is 12.6. The Morgan fingerprint density at radius 1 is 1.10 bits per heavy atom. The van der Waals surface area contributed by atoms with E-state index in [9.17, 15) is 4.79 Å². The Morgan fingerprint density at radius 3 is 2.67 bits per heavy atom. The summed E-state index contributed by atoms with van der Waals surface area (Å²) in [6.07, 6.45) is 0.607. The Hall–Kier alpha value is -3.31. The minimum Gasteiger partial charge on any atom is -0.491 e. The van der Waals surface area contributed by atoms with Gasteiger partial charge in [0.2, 0.25) is 0 Å². The molecule has 4 aromatic rings. The quantitative estimate of drug-likeness (QED) is 0.408. The second kappa shape index (κ2) is 8.59. The minimum absolute atomic E-state index is 0.0416. The van der Waals surface area contributed by atoms with Gasteiger partial charge in [-0.05, 0) is 67.9 Å². The fourth-order valence-corrected chi connectivity index (χ4v) is 3.22. The highest BCUT2D eigenvalue weighted by Crippen LogP contribution is 2.23. The van der Waals surface area contributed by atoms with Crippen LogP contribution in [0.1, 0.15) is 35.7 Å². The number of carbonyl (C=O) groups is 1. The van der Waals surface area contributed by atoms with Gasteiger partial charge in [-0.25, -0.2) is 4.98 Å². The van der Waals surface area contributed by atoms with Crippen LogP contribution in [-0.4, -0.2) is 17.0 Å². The molecule has 0 radical (unpaired) electrons. The highest BCUT2D eigenvalue weighted by atomic mass is 35.5. The third kappa shape index (κ3) is 4.81. The summed E-state index contributed by atoms with van der Waals surface area (Å²) in [5.74, 6) is 1.05. The molecule has 30 heavy (non-hydrogen) atoms. The van der Waals surface area contributed by atoms with Crippen molar-refractivity contribution in [1.82, 2.24) is 4.98 Å². The van der Waals surface area contributed by atoms with Crippen molar-refractivity contribution in [1.29, 1.82) is 0 Å². The van der Waals surface area contributed by atoms with E-state index in [1.807, 2.05) is 50.2 Å². The van der Waals surface area contributed by atoms with Crippen LogP contribution in [-0.2, 0) is 6.42 Å². The monoisotopic (exact) mass is 420 g/mol. The first kappa shape index (κ1) is 20.0. The summed E-state index contributed by atoms with van der Waals surface area (Å²) >= 11 is 5.93.